The van der Waals surface area contributed by atoms with Crippen molar-refractivity contribution in [3.8, 4) is 0 Å². The van der Waals surface area contributed by atoms with Crippen LogP contribution in [0.4, 0.5) is 0 Å². The van der Waals surface area contributed by atoms with Crippen molar-refractivity contribution < 1.29 is 9.52 Å². The number of aryl methyl sites for hydroxylation is 1. The number of benzene rings is 1. The number of β-amino-alcohol motifs (C(OH)–C–C–N with tert-alkyl or cyclic N) is 1. The third kappa shape index (κ3) is 4.31. The van der Waals surface area contributed by atoms with Gasteiger partial charge in [0.2, 0.25) is 0 Å². The number of hydrogen-bond donors (Lipinski definition) is 1. The molecule has 2 aromatic rings. The van der Waals surface area contributed by atoms with E-state index in [0.717, 1.165) is 62.6 Å². The van der Waals surface area contributed by atoms with Crippen LogP contribution in [0.2, 0.25) is 0 Å². The molecule has 0 aliphatic carbocycles. The lowest BCUT2D eigenvalue weighted by Gasteiger charge is -2.40. The maximum atomic E-state index is 9.54. The van der Waals surface area contributed by atoms with Crippen molar-refractivity contribution in [2.24, 2.45) is 0 Å². The number of fused-ring (bicyclic) bond motifs is 1. The molecular formula is C18H27N3O2. The second-order valence-electron chi connectivity index (χ2n) is 6.67. The molecule has 0 amide bonds. The van der Waals surface area contributed by atoms with Crippen LogP contribution >= 0.6 is 0 Å². The molecular weight excluding hydrogens is 290 g/mol. The molecule has 0 bridgehead atoms. The van der Waals surface area contributed by atoms with E-state index >= 15 is 0 Å². The van der Waals surface area contributed by atoms with Gasteiger partial charge in [0.1, 0.15) is 5.52 Å². The minimum atomic E-state index is -0.247. The van der Waals surface area contributed by atoms with Gasteiger partial charge < -0.3 is 14.4 Å². The van der Waals surface area contributed by atoms with E-state index in [0.29, 0.717) is 6.04 Å². The van der Waals surface area contributed by atoms with Crippen LogP contribution in [-0.4, -0.2) is 64.8 Å². The molecule has 3 rings (SSSR count). The molecule has 2 atom stereocenters. The Morgan fingerprint density at radius 3 is 2.91 bits per heavy atom. The first-order valence-electron chi connectivity index (χ1n) is 8.61. The second-order valence-corrected chi connectivity index (χ2v) is 6.67. The van der Waals surface area contributed by atoms with Crippen LogP contribution in [0.1, 0.15) is 26.2 Å². The van der Waals surface area contributed by atoms with E-state index in [1.54, 1.807) is 0 Å². The van der Waals surface area contributed by atoms with E-state index in [2.05, 4.69) is 21.7 Å². The number of rotatable bonds is 6. The largest absolute Gasteiger partial charge is 0.441 e. The molecule has 0 radical (unpaired) electrons. The van der Waals surface area contributed by atoms with Crippen molar-refractivity contribution in [3.05, 3.63) is 30.2 Å². The van der Waals surface area contributed by atoms with Crippen molar-refractivity contribution in [2.45, 2.75) is 38.8 Å². The van der Waals surface area contributed by atoms with Gasteiger partial charge in [0.25, 0.3) is 0 Å². The quantitative estimate of drug-likeness (QED) is 0.885. The summed E-state index contributed by atoms with van der Waals surface area (Å²) < 4.78 is 5.77. The van der Waals surface area contributed by atoms with Crippen molar-refractivity contribution in [3.63, 3.8) is 0 Å². The predicted octanol–water partition coefficient (Wildman–Crippen LogP) is 2.15. The SMILES string of the molecule is C[C@@H]1CN(CCCc2nc3ccccc3o2)CCN1C[C@@H](C)O. The molecule has 23 heavy (non-hydrogen) atoms. The Bertz CT molecular complexity index is 593. The van der Waals surface area contributed by atoms with Crippen LogP contribution in [0, 0.1) is 0 Å². The first-order valence-corrected chi connectivity index (χ1v) is 8.61. The molecule has 0 spiro atoms. The molecule has 1 fully saturated rings. The third-order valence-electron chi connectivity index (χ3n) is 4.55. The summed E-state index contributed by atoms with van der Waals surface area (Å²) in [5, 5.41) is 9.54. The van der Waals surface area contributed by atoms with Crippen LogP contribution < -0.4 is 0 Å². The molecule has 1 aliphatic rings. The monoisotopic (exact) mass is 317 g/mol. The highest BCUT2D eigenvalue weighted by Crippen LogP contribution is 2.16. The van der Waals surface area contributed by atoms with Crippen LogP contribution in [0.15, 0.2) is 28.7 Å². The molecule has 1 aromatic heterocycles. The van der Waals surface area contributed by atoms with E-state index in [1.807, 2.05) is 31.2 Å². The number of nitrogens with zero attached hydrogens (tertiary/aromatic N) is 3. The molecule has 1 saturated heterocycles. The van der Waals surface area contributed by atoms with Gasteiger partial charge in [-0.05, 0) is 38.9 Å². The lowest BCUT2D eigenvalue weighted by atomic mass is 10.1. The lowest BCUT2D eigenvalue weighted by Crippen LogP contribution is -2.53. The summed E-state index contributed by atoms with van der Waals surface area (Å²) in [6, 6.07) is 8.43. The van der Waals surface area contributed by atoms with Gasteiger partial charge in [-0.2, -0.15) is 0 Å². The lowest BCUT2D eigenvalue weighted by molar-refractivity contribution is 0.0447. The number of oxazole rings is 1. The summed E-state index contributed by atoms with van der Waals surface area (Å²) in [5.41, 5.74) is 1.82. The van der Waals surface area contributed by atoms with Crippen molar-refractivity contribution >= 4 is 11.1 Å². The van der Waals surface area contributed by atoms with Crippen LogP contribution in [-0.2, 0) is 6.42 Å². The second kappa shape index (κ2) is 7.43. The van der Waals surface area contributed by atoms with E-state index in [4.69, 9.17) is 4.42 Å². The van der Waals surface area contributed by atoms with Crippen LogP contribution in [0.3, 0.4) is 0 Å². The number of para-hydroxylation sites is 2. The molecule has 5 heteroatoms. The van der Waals surface area contributed by atoms with Gasteiger partial charge in [-0.1, -0.05) is 12.1 Å². The molecule has 1 aliphatic heterocycles. The van der Waals surface area contributed by atoms with Gasteiger partial charge in [-0.25, -0.2) is 4.98 Å². The van der Waals surface area contributed by atoms with Gasteiger partial charge >= 0.3 is 0 Å². The van der Waals surface area contributed by atoms with Gasteiger partial charge in [0.15, 0.2) is 11.5 Å². The number of aliphatic hydroxyl groups excluding tert-OH is 1. The molecule has 1 N–H and O–H groups in total. The standard InChI is InChI=1S/C18H27N3O2/c1-14-12-20(10-11-21(14)13-15(2)22)9-5-8-18-19-16-6-3-4-7-17(16)23-18/h3-4,6-7,14-15,22H,5,8-13H2,1-2H3/t14-,15-/m1/s1. The summed E-state index contributed by atoms with van der Waals surface area (Å²) in [6.45, 7) is 9.14. The first-order chi connectivity index (χ1) is 11.1. The Kier molecular flexibility index (Phi) is 5.30. The average molecular weight is 317 g/mol. The molecule has 126 valence electrons. The Morgan fingerprint density at radius 1 is 1.35 bits per heavy atom. The smallest absolute Gasteiger partial charge is 0.195 e. The zero-order chi connectivity index (χ0) is 16.2. The molecule has 5 nitrogen and oxygen atoms in total. The Balaban J connectivity index is 1.44. The highest BCUT2D eigenvalue weighted by molar-refractivity contribution is 5.72. The van der Waals surface area contributed by atoms with Gasteiger partial charge in [0.05, 0.1) is 6.10 Å². The van der Waals surface area contributed by atoms with Crippen molar-refractivity contribution in [1.29, 1.82) is 0 Å². The van der Waals surface area contributed by atoms with Crippen molar-refractivity contribution in [2.75, 3.05) is 32.7 Å². The van der Waals surface area contributed by atoms with Crippen LogP contribution in [0.5, 0.6) is 0 Å². The number of aliphatic hydroxyl groups is 1. The third-order valence-corrected chi connectivity index (χ3v) is 4.55. The van der Waals surface area contributed by atoms with Gasteiger partial charge in [-0.15, -0.1) is 0 Å². The Labute approximate surface area is 137 Å². The summed E-state index contributed by atoms with van der Waals surface area (Å²) in [6.07, 6.45) is 1.70. The summed E-state index contributed by atoms with van der Waals surface area (Å²) in [5.74, 6) is 0.840. The normalized spacial score (nSPS) is 21.8. The van der Waals surface area contributed by atoms with E-state index in [1.165, 1.54) is 0 Å². The van der Waals surface area contributed by atoms with Crippen molar-refractivity contribution in [1.82, 2.24) is 14.8 Å². The number of hydrogen-bond acceptors (Lipinski definition) is 5. The minimum Gasteiger partial charge on any atom is -0.441 e. The summed E-state index contributed by atoms with van der Waals surface area (Å²) >= 11 is 0. The Hall–Kier alpha value is -1.43. The fraction of sp³-hybridized carbons (Fsp3) is 0.611. The molecule has 1 aromatic carbocycles. The zero-order valence-corrected chi connectivity index (χ0v) is 14.1. The van der Waals surface area contributed by atoms with Gasteiger partial charge in [0, 0.05) is 38.6 Å². The highest BCUT2D eigenvalue weighted by atomic mass is 16.3. The first kappa shape index (κ1) is 16.4. The predicted molar refractivity (Wildman–Crippen MR) is 91.5 cm³/mol. The Morgan fingerprint density at radius 2 is 2.17 bits per heavy atom. The molecule has 0 saturated carbocycles. The fourth-order valence-corrected chi connectivity index (χ4v) is 3.37. The highest BCUT2D eigenvalue weighted by Gasteiger charge is 2.24. The van der Waals surface area contributed by atoms with E-state index in [-0.39, 0.29) is 6.10 Å². The maximum Gasteiger partial charge on any atom is 0.195 e. The minimum absolute atomic E-state index is 0.247. The zero-order valence-electron chi connectivity index (χ0n) is 14.1. The van der Waals surface area contributed by atoms with E-state index < -0.39 is 0 Å². The fourth-order valence-electron chi connectivity index (χ4n) is 3.37. The molecule has 0 unspecified atom stereocenters. The number of aromatic nitrogens is 1. The molecule has 2 heterocycles. The average Bonchev–Trinajstić information content (AvgIpc) is 2.92. The van der Waals surface area contributed by atoms with Crippen LogP contribution in [0.25, 0.3) is 11.1 Å². The topological polar surface area (TPSA) is 52.7 Å². The van der Waals surface area contributed by atoms with E-state index in [9.17, 15) is 5.11 Å². The number of piperazine rings is 1. The summed E-state index contributed by atoms with van der Waals surface area (Å²) in [7, 11) is 0. The summed E-state index contributed by atoms with van der Waals surface area (Å²) in [4.78, 5) is 9.42. The maximum absolute atomic E-state index is 9.54. The van der Waals surface area contributed by atoms with Gasteiger partial charge in [-0.3, -0.25) is 4.90 Å².